The highest BCUT2D eigenvalue weighted by Gasteiger charge is 2.02. The van der Waals surface area contributed by atoms with Crippen LogP contribution in [0.4, 0.5) is 0 Å². The molecule has 1 aromatic carbocycles. The van der Waals surface area contributed by atoms with E-state index in [4.69, 9.17) is 0 Å². The van der Waals surface area contributed by atoms with E-state index in [1.807, 2.05) is 16.9 Å². The van der Waals surface area contributed by atoms with Gasteiger partial charge < -0.3 is 5.32 Å². The molecule has 0 saturated carbocycles. The summed E-state index contributed by atoms with van der Waals surface area (Å²) in [5.41, 5.74) is 2.54. The third-order valence-corrected chi connectivity index (χ3v) is 3.29. The molecule has 4 heteroatoms. The lowest BCUT2D eigenvalue weighted by Gasteiger charge is -2.06. The van der Waals surface area contributed by atoms with E-state index < -0.39 is 0 Å². The lowest BCUT2D eigenvalue weighted by molar-refractivity contribution is -0.121. The molecule has 0 aliphatic heterocycles. The molecule has 1 N–H and O–H groups in total. The third kappa shape index (κ3) is 4.53. The molecule has 0 aliphatic carbocycles. The van der Waals surface area contributed by atoms with Crippen LogP contribution in [0.15, 0.2) is 42.7 Å². The van der Waals surface area contributed by atoms with Crippen LogP contribution in [0.3, 0.4) is 0 Å². The standard InChI is InChI=1S/C16H21N3O/c1-2-14-4-6-15(7-5-14)8-9-16(20)17-11-13-19-12-3-10-18-19/h3-7,10,12H,2,8-9,11,13H2,1H3,(H,17,20). The quantitative estimate of drug-likeness (QED) is 0.839. The number of amides is 1. The Bertz CT molecular complexity index is 517. The van der Waals surface area contributed by atoms with Crippen LogP contribution in [0.25, 0.3) is 0 Å². The summed E-state index contributed by atoms with van der Waals surface area (Å²) in [4.78, 5) is 11.7. The Morgan fingerprint density at radius 1 is 1.25 bits per heavy atom. The molecule has 106 valence electrons. The van der Waals surface area contributed by atoms with Crippen LogP contribution in [-0.2, 0) is 24.2 Å². The van der Waals surface area contributed by atoms with E-state index in [0.717, 1.165) is 12.8 Å². The average molecular weight is 271 g/mol. The van der Waals surface area contributed by atoms with Gasteiger partial charge in [0.2, 0.25) is 5.91 Å². The minimum Gasteiger partial charge on any atom is -0.354 e. The van der Waals surface area contributed by atoms with Crippen molar-refractivity contribution in [2.45, 2.75) is 32.7 Å². The summed E-state index contributed by atoms with van der Waals surface area (Å²) in [5.74, 6) is 0.0942. The molecule has 0 saturated heterocycles. The van der Waals surface area contributed by atoms with Crippen LogP contribution >= 0.6 is 0 Å². The van der Waals surface area contributed by atoms with Crippen molar-refractivity contribution in [3.05, 3.63) is 53.9 Å². The highest BCUT2D eigenvalue weighted by Crippen LogP contribution is 2.07. The Morgan fingerprint density at radius 2 is 2.00 bits per heavy atom. The summed E-state index contributed by atoms with van der Waals surface area (Å²) < 4.78 is 1.81. The lowest BCUT2D eigenvalue weighted by atomic mass is 10.1. The number of hydrogen-bond donors (Lipinski definition) is 1. The fourth-order valence-electron chi connectivity index (χ4n) is 2.03. The van der Waals surface area contributed by atoms with Crippen LogP contribution in [0, 0.1) is 0 Å². The van der Waals surface area contributed by atoms with Crippen LogP contribution in [0.1, 0.15) is 24.5 Å². The summed E-state index contributed by atoms with van der Waals surface area (Å²) in [6.07, 6.45) is 6.00. The maximum absolute atomic E-state index is 11.7. The molecule has 0 spiro atoms. The second-order valence-corrected chi connectivity index (χ2v) is 4.79. The first-order valence-corrected chi connectivity index (χ1v) is 7.10. The number of aryl methyl sites for hydroxylation is 2. The molecule has 0 aliphatic rings. The second-order valence-electron chi connectivity index (χ2n) is 4.79. The zero-order valence-electron chi connectivity index (χ0n) is 11.9. The Labute approximate surface area is 119 Å². The van der Waals surface area contributed by atoms with Gasteiger partial charge in [-0.2, -0.15) is 5.10 Å². The number of nitrogens with zero attached hydrogens (tertiary/aromatic N) is 2. The van der Waals surface area contributed by atoms with Crippen molar-refractivity contribution in [3.8, 4) is 0 Å². The molecule has 0 bridgehead atoms. The van der Waals surface area contributed by atoms with Crippen molar-refractivity contribution in [1.82, 2.24) is 15.1 Å². The van der Waals surface area contributed by atoms with Gasteiger partial charge in [-0.25, -0.2) is 0 Å². The number of rotatable bonds is 7. The molecule has 0 fully saturated rings. The molecular weight excluding hydrogens is 250 g/mol. The van der Waals surface area contributed by atoms with Crippen LogP contribution in [0.5, 0.6) is 0 Å². The fraction of sp³-hybridized carbons (Fsp3) is 0.375. The van der Waals surface area contributed by atoms with E-state index in [1.54, 1.807) is 6.20 Å². The van der Waals surface area contributed by atoms with E-state index in [0.29, 0.717) is 19.5 Å². The van der Waals surface area contributed by atoms with Gasteiger partial charge >= 0.3 is 0 Å². The molecule has 0 unspecified atom stereocenters. The Hall–Kier alpha value is -2.10. The van der Waals surface area contributed by atoms with Crippen LogP contribution in [0.2, 0.25) is 0 Å². The molecule has 4 nitrogen and oxygen atoms in total. The van der Waals surface area contributed by atoms with Gasteiger partial charge in [-0.1, -0.05) is 31.2 Å². The van der Waals surface area contributed by atoms with Gasteiger partial charge in [0.05, 0.1) is 6.54 Å². The summed E-state index contributed by atoms with van der Waals surface area (Å²) >= 11 is 0. The lowest BCUT2D eigenvalue weighted by Crippen LogP contribution is -2.27. The second kappa shape index (κ2) is 7.48. The summed E-state index contributed by atoms with van der Waals surface area (Å²) in [6.45, 7) is 3.47. The first-order chi connectivity index (χ1) is 9.78. The first-order valence-electron chi connectivity index (χ1n) is 7.10. The van der Waals surface area contributed by atoms with Crippen LogP contribution in [-0.4, -0.2) is 22.2 Å². The van der Waals surface area contributed by atoms with Gasteiger partial charge in [-0.05, 0) is 30.0 Å². The minimum absolute atomic E-state index is 0.0942. The largest absolute Gasteiger partial charge is 0.354 e. The summed E-state index contributed by atoms with van der Waals surface area (Å²) in [7, 11) is 0. The van der Waals surface area contributed by atoms with E-state index in [-0.39, 0.29) is 5.91 Å². The van der Waals surface area contributed by atoms with Crippen molar-refractivity contribution in [3.63, 3.8) is 0 Å². The number of carbonyl (C=O) groups is 1. The number of nitrogens with one attached hydrogen (secondary N) is 1. The molecule has 1 aromatic heterocycles. The zero-order chi connectivity index (χ0) is 14.2. The predicted octanol–water partition coefficient (Wildman–Crippen LogP) is 2.19. The number of aromatic nitrogens is 2. The topological polar surface area (TPSA) is 46.9 Å². The maximum Gasteiger partial charge on any atom is 0.220 e. The molecule has 0 atom stereocenters. The van der Waals surface area contributed by atoms with Gasteiger partial charge in [0, 0.05) is 25.4 Å². The molecule has 0 radical (unpaired) electrons. The van der Waals surface area contributed by atoms with Gasteiger partial charge in [-0.3, -0.25) is 9.48 Å². The maximum atomic E-state index is 11.7. The molecule has 2 aromatic rings. The molecule has 2 rings (SSSR count). The molecule has 1 heterocycles. The van der Waals surface area contributed by atoms with Crippen molar-refractivity contribution in [1.29, 1.82) is 0 Å². The van der Waals surface area contributed by atoms with Crippen molar-refractivity contribution >= 4 is 5.91 Å². The van der Waals surface area contributed by atoms with Gasteiger partial charge in [0.1, 0.15) is 0 Å². The zero-order valence-corrected chi connectivity index (χ0v) is 11.9. The molecular formula is C16H21N3O. The first kappa shape index (κ1) is 14.3. The summed E-state index contributed by atoms with van der Waals surface area (Å²) in [6, 6.07) is 10.4. The summed E-state index contributed by atoms with van der Waals surface area (Å²) in [5, 5.41) is 7.00. The van der Waals surface area contributed by atoms with Crippen molar-refractivity contribution in [2.24, 2.45) is 0 Å². The predicted molar refractivity (Wildman–Crippen MR) is 79.4 cm³/mol. The smallest absolute Gasteiger partial charge is 0.220 e. The van der Waals surface area contributed by atoms with Gasteiger partial charge in [0.15, 0.2) is 0 Å². The van der Waals surface area contributed by atoms with Crippen molar-refractivity contribution in [2.75, 3.05) is 6.54 Å². The normalized spacial score (nSPS) is 10.4. The van der Waals surface area contributed by atoms with Crippen LogP contribution < -0.4 is 5.32 Å². The SMILES string of the molecule is CCc1ccc(CCC(=O)NCCn2cccn2)cc1. The Morgan fingerprint density at radius 3 is 2.65 bits per heavy atom. The number of benzene rings is 1. The monoisotopic (exact) mass is 271 g/mol. The van der Waals surface area contributed by atoms with E-state index in [2.05, 4.69) is 41.6 Å². The number of carbonyl (C=O) groups excluding carboxylic acids is 1. The fourth-order valence-corrected chi connectivity index (χ4v) is 2.03. The van der Waals surface area contributed by atoms with Gasteiger partial charge in [0.25, 0.3) is 0 Å². The highest BCUT2D eigenvalue weighted by molar-refractivity contribution is 5.76. The van der Waals surface area contributed by atoms with Gasteiger partial charge in [-0.15, -0.1) is 0 Å². The Kier molecular flexibility index (Phi) is 5.35. The number of hydrogen-bond acceptors (Lipinski definition) is 2. The Balaban J connectivity index is 1.66. The van der Waals surface area contributed by atoms with E-state index in [1.165, 1.54) is 11.1 Å². The minimum atomic E-state index is 0.0942. The van der Waals surface area contributed by atoms with E-state index in [9.17, 15) is 4.79 Å². The van der Waals surface area contributed by atoms with E-state index >= 15 is 0 Å². The highest BCUT2D eigenvalue weighted by atomic mass is 16.1. The molecule has 1 amide bonds. The molecule has 20 heavy (non-hydrogen) atoms. The average Bonchev–Trinajstić information content (AvgIpc) is 2.99. The third-order valence-electron chi connectivity index (χ3n) is 3.29. The van der Waals surface area contributed by atoms with Crippen molar-refractivity contribution < 1.29 is 4.79 Å².